The summed E-state index contributed by atoms with van der Waals surface area (Å²) in [5.41, 5.74) is 0.375. The number of halogens is 3. The second kappa shape index (κ2) is 8.09. The number of pyridine rings is 1. The Kier molecular flexibility index (Phi) is 5.47. The fourth-order valence-electron chi connectivity index (χ4n) is 3.98. The van der Waals surface area contributed by atoms with Gasteiger partial charge in [-0.05, 0) is 37.3 Å². The number of hydrogen-bond acceptors (Lipinski definition) is 3. The predicted octanol–water partition coefficient (Wildman–Crippen LogP) is 4.00. The largest absolute Gasteiger partial charge is 0.416 e. The molecule has 1 aliphatic heterocycles. The molecule has 0 radical (unpaired) electrons. The summed E-state index contributed by atoms with van der Waals surface area (Å²) in [6, 6.07) is 12.4. The zero-order valence-electron chi connectivity index (χ0n) is 17.0. The predicted molar refractivity (Wildman–Crippen MR) is 113 cm³/mol. The number of nitrogens with zero attached hydrogens (tertiary/aromatic N) is 3. The van der Waals surface area contributed by atoms with Crippen molar-refractivity contribution in [1.29, 1.82) is 0 Å². The van der Waals surface area contributed by atoms with Crippen molar-refractivity contribution < 1.29 is 18.0 Å². The number of fused-ring (bicyclic) bond motifs is 1. The van der Waals surface area contributed by atoms with Crippen LogP contribution in [0.5, 0.6) is 0 Å². The molecule has 3 aromatic rings. The molecule has 5 nitrogen and oxygen atoms in total. The Morgan fingerprint density at radius 3 is 2.39 bits per heavy atom. The Hall–Kier alpha value is -3.29. The first-order valence-corrected chi connectivity index (χ1v) is 10.1. The fraction of sp³-hybridized carbons (Fsp3) is 0.304. The maximum Gasteiger partial charge on any atom is 0.416 e. The SMILES string of the molecule is CCn1cc(C(=O)N2CCN(c3cccc(C(F)(F)F)c3)CC2)c(=O)c2ccccc21. The molecule has 1 amide bonds. The lowest BCUT2D eigenvalue weighted by atomic mass is 10.1. The average molecular weight is 429 g/mol. The first-order chi connectivity index (χ1) is 14.8. The zero-order chi connectivity index (χ0) is 22.2. The van der Waals surface area contributed by atoms with Crippen molar-refractivity contribution in [3.8, 4) is 0 Å². The number of amides is 1. The number of para-hydroxylation sites is 1. The normalized spacial score (nSPS) is 14.8. The molecule has 1 saturated heterocycles. The van der Waals surface area contributed by atoms with Crippen LogP contribution in [-0.4, -0.2) is 41.6 Å². The van der Waals surface area contributed by atoms with E-state index in [0.29, 0.717) is 43.8 Å². The van der Waals surface area contributed by atoms with Crippen LogP contribution in [-0.2, 0) is 12.7 Å². The van der Waals surface area contributed by atoms with Crippen LogP contribution in [0.4, 0.5) is 18.9 Å². The van der Waals surface area contributed by atoms with Crippen molar-refractivity contribution >= 4 is 22.5 Å². The van der Waals surface area contributed by atoms with Crippen molar-refractivity contribution in [1.82, 2.24) is 9.47 Å². The van der Waals surface area contributed by atoms with E-state index < -0.39 is 11.7 Å². The summed E-state index contributed by atoms with van der Waals surface area (Å²) in [5.74, 6) is -0.346. The quantitative estimate of drug-likeness (QED) is 0.632. The van der Waals surface area contributed by atoms with E-state index in [2.05, 4.69) is 0 Å². The van der Waals surface area contributed by atoms with Crippen molar-refractivity contribution in [2.45, 2.75) is 19.6 Å². The standard InChI is InChI=1S/C23H22F3N3O2/c1-2-27-15-19(21(30)18-8-3-4-9-20(18)27)22(31)29-12-10-28(11-13-29)17-7-5-6-16(14-17)23(24,25)26/h3-9,14-15H,2,10-13H2,1H3. The topological polar surface area (TPSA) is 45.6 Å². The summed E-state index contributed by atoms with van der Waals surface area (Å²) in [5, 5.41) is 0.498. The van der Waals surface area contributed by atoms with E-state index in [0.717, 1.165) is 17.6 Å². The Morgan fingerprint density at radius 2 is 1.71 bits per heavy atom. The minimum atomic E-state index is -4.40. The monoisotopic (exact) mass is 429 g/mol. The minimum absolute atomic E-state index is 0.119. The van der Waals surface area contributed by atoms with Crippen molar-refractivity contribution in [2.24, 2.45) is 0 Å². The van der Waals surface area contributed by atoms with Gasteiger partial charge in [0.15, 0.2) is 0 Å². The molecule has 0 atom stereocenters. The number of piperazine rings is 1. The molecular formula is C23H22F3N3O2. The van der Waals surface area contributed by atoms with Gasteiger partial charge in [-0.2, -0.15) is 13.2 Å². The van der Waals surface area contributed by atoms with Crippen LogP contribution in [0.2, 0.25) is 0 Å². The van der Waals surface area contributed by atoms with E-state index >= 15 is 0 Å². The molecule has 0 aliphatic carbocycles. The number of hydrogen-bond donors (Lipinski definition) is 0. The number of alkyl halides is 3. The molecule has 0 saturated carbocycles. The van der Waals surface area contributed by atoms with Crippen LogP contribution in [0.15, 0.2) is 59.5 Å². The van der Waals surface area contributed by atoms with Gasteiger partial charge in [0.25, 0.3) is 5.91 Å². The third-order valence-electron chi connectivity index (χ3n) is 5.66. The molecule has 1 aromatic heterocycles. The van der Waals surface area contributed by atoms with Gasteiger partial charge in [-0.3, -0.25) is 9.59 Å². The molecule has 1 fully saturated rings. The molecule has 0 bridgehead atoms. The maximum absolute atomic E-state index is 13.1. The second-order valence-electron chi connectivity index (χ2n) is 7.50. The summed E-state index contributed by atoms with van der Waals surface area (Å²) in [4.78, 5) is 29.4. The number of rotatable bonds is 3. The molecule has 31 heavy (non-hydrogen) atoms. The van der Waals surface area contributed by atoms with Crippen molar-refractivity contribution in [2.75, 3.05) is 31.1 Å². The molecule has 1 aliphatic rings. The number of carbonyl (C=O) groups excluding carboxylic acids is 1. The van der Waals surface area contributed by atoms with Gasteiger partial charge in [0, 0.05) is 50.0 Å². The first kappa shape index (κ1) is 21.0. The van der Waals surface area contributed by atoms with Crippen molar-refractivity contribution in [3.05, 3.63) is 76.1 Å². The summed E-state index contributed by atoms with van der Waals surface area (Å²) >= 11 is 0. The zero-order valence-corrected chi connectivity index (χ0v) is 17.0. The van der Waals surface area contributed by atoms with Crippen LogP contribution >= 0.6 is 0 Å². The average Bonchev–Trinajstić information content (AvgIpc) is 2.79. The molecule has 162 valence electrons. The lowest BCUT2D eigenvalue weighted by Crippen LogP contribution is -2.49. The van der Waals surface area contributed by atoms with Gasteiger partial charge in [0.05, 0.1) is 11.1 Å². The highest BCUT2D eigenvalue weighted by atomic mass is 19.4. The third-order valence-corrected chi connectivity index (χ3v) is 5.66. The number of aromatic nitrogens is 1. The Labute approximate surface area is 177 Å². The third kappa shape index (κ3) is 4.02. The molecular weight excluding hydrogens is 407 g/mol. The van der Waals surface area contributed by atoms with Crippen molar-refractivity contribution in [3.63, 3.8) is 0 Å². The van der Waals surface area contributed by atoms with Crippen LogP contribution in [0.1, 0.15) is 22.8 Å². The minimum Gasteiger partial charge on any atom is -0.368 e. The highest BCUT2D eigenvalue weighted by molar-refractivity contribution is 5.97. The first-order valence-electron chi connectivity index (χ1n) is 10.1. The Morgan fingerprint density at radius 1 is 1.00 bits per heavy atom. The van der Waals surface area contributed by atoms with Gasteiger partial charge in [0.2, 0.25) is 5.43 Å². The summed E-state index contributed by atoms with van der Waals surface area (Å²) in [6.07, 6.45) is -2.80. The van der Waals surface area contributed by atoms with Gasteiger partial charge in [-0.25, -0.2) is 0 Å². The number of aryl methyl sites for hydroxylation is 1. The molecule has 0 unspecified atom stereocenters. The highest BCUT2D eigenvalue weighted by Crippen LogP contribution is 2.32. The molecule has 0 spiro atoms. The van der Waals surface area contributed by atoms with Gasteiger partial charge in [-0.1, -0.05) is 18.2 Å². The number of carbonyl (C=O) groups is 1. The maximum atomic E-state index is 13.1. The van der Waals surface area contributed by atoms with Crippen LogP contribution < -0.4 is 10.3 Å². The van der Waals surface area contributed by atoms with Gasteiger partial charge >= 0.3 is 6.18 Å². The highest BCUT2D eigenvalue weighted by Gasteiger charge is 2.31. The van der Waals surface area contributed by atoms with Gasteiger partial charge < -0.3 is 14.4 Å². The summed E-state index contributed by atoms with van der Waals surface area (Å²) in [7, 11) is 0. The Bertz CT molecular complexity index is 1180. The number of benzene rings is 2. The van der Waals surface area contributed by atoms with Gasteiger partial charge in [-0.15, -0.1) is 0 Å². The van der Waals surface area contributed by atoms with E-state index in [4.69, 9.17) is 0 Å². The second-order valence-corrected chi connectivity index (χ2v) is 7.50. The lowest BCUT2D eigenvalue weighted by Gasteiger charge is -2.36. The molecule has 2 aromatic carbocycles. The fourth-order valence-corrected chi connectivity index (χ4v) is 3.98. The molecule has 0 N–H and O–H groups in total. The van der Waals surface area contributed by atoms with E-state index in [9.17, 15) is 22.8 Å². The van der Waals surface area contributed by atoms with E-state index in [1.165, 1.54) is 6.07 Å². The lowest BCUT2D eigenvalue weighted by molar-refractivity contribution is -0.137. The van der Waals surface area contributed by atoms with E-state index in [1.54, 1.807) is 29.3 Å². The molecule has 2 heterocycles. The summed E-state index contributed by atoms with van der Waals surface area (Å²) in [6.45, 7) is 4.00. The van der Waals surface area contributed by atoms with E-state index in [1.807, 2.05) is 28.5 Å². The van der Waals surface area contributed by atoms with Gasteiger partial charge in [0.1, 0.15) is 5.56 Å². The number of anilines is 1. The van der Waals surface area contributed by atoms with Crippen LogP contribution in [0.3, 0.4) is 0 Å². The van der Waals surface area contributed by atoms with Crippen LogP contribution in [0, 0.1) is 0 Å². The summed E-state index contributed by atoms with van der Waals surface area (Å²) < 4.78 is 40.9. The Balaban J connectivity index is 1.54. The van der Waals surface area contributed by atoms with E-state index in [-0.39, 0.29) is 16.9 Å². The van der Waals surface area contributed by atoms with Crippen LogP contribution in [0.25, 0.3) is 10.9 Å². The molecule has 8 heteroatoms. The molecule has 4 rings (SSSR count). The smallest absolute Gasteiger partial charge is 0.368 e.